The summed E-state index contributed by atoms with van der Waals surface area (Å²) in [6.45, 7) is 4.28. The maximum absolute atomic E-state index is 12.5. The Kier molecular flexibility index (Phi) is 6.00. The number of carbonyl (C=O) groups is 1. The summed E-state index contributed by atoms with van der Waals surface area (Å²) < 4.78 is 33.6. The maximum atomic E-state index is 12.5. The highest BCUT2D eigenvalue weighted by Gasteiger charge is 2.28. The van der Waals surface area contributed by atoms with Crippen LogP contribution in [0.1, 0.15) is 19.4 Å². The molecule has 7 heteroatoms. The molecule has 0 N–H and O–H groups in total. The fraction of sp³-hybridized carbons (Fsp3) is 0.533. The van der Waals surface area contributed by atoms with Crippen LogP contribution in [0.4, 0.5) is 0 Å². The van der Waals surface area contributed by atoms with Crippen molar-refractivity contribution in [2.45, 2.75) is 20.3 Å². The molecule has 6 nitrogen and oxygen atoms in total. The molecule has 0 radical (unpaired) electrons. The molecule has 0 fully saturated rings. The van der Waals surface area contributed by atoms with Crippen molar-refractivity contribution in [1.82, 2.24) is 0 Å². The van der Waals surface area contributed by atoms with Crippen LogP contribution in [0.25, 0.3) is 0 Å². The standard InChI is InChI=1S/C15H21O6P/c1-3-20-22(17,21-4-2)10-13(9-16)7-12-5-6-14-15(8-12)19-11-18-14/h5-6,8-9,13H,3-4,7,10-11H2,1-2H3. The van der Waals surface area contributed by atoms with Crippen LogP contribution in [0.15, 0.2) is 18.2 Å². The minimum atomic E-state index is -3.23. The Morgan fingerprint density at radius 3 is 2.55 bits per heavy atom. The van der Waals surface area contributed by atoms with Crippen molar-refractivity contribution >= 4 is 13.9 Å². The SMILES string of the molecule is CCOP(=O)(CC(C=O)Cc1ccc2c(c1)OCO2)OCC. The molecule has 0 saturated heterocycles. The molecule has 1 unspecified atom stereocenters. The van der Waals surface area contributed by atoms with Gasteiger partial charge >= 0.3 is 7.60 Å². The molecule has 1 aromatic carbocycles. The Bertz CT molecular complexity index is 549. The predicted molar refractivity (Wildman–Crippen MR) is 81.5 cm³/mol. The molecule has 1 heterocycles. The van der Waals surface area contributed by atoms with Crippen LogP contribution in [0.3, 0.4) is 0 Å². The van der Waals surface area contributed by atoms with Crippen LogP contribution in [-0.4, -0.2) is 32.5 Å². The number of benzene rings is 1. The Hall–Kier alpha value is -1.36. The molecule has 0 aliphatic carbocycles. The predicted octanol–water partition coefficient (Wildman–Crippen LogP) is 3.04. The van der Waals surface area contributed by atoms with Gasteiger partial charge in [0, 0.05) is 5.92 Å². The number of hydrogen-bond acceptors (Lipinski definition) is 6. The fourth-order valence-corrected chi connectivity index (χ4v) is 4.21. The zero-order valence-electron chi connectivity index (χ0n) is 12.8. The van der Waals surface area contributed by atoms with Crippen molar-refractivity contribution in [1.29, 1.82) is 0 Å². The Balaban J connectivity index is 2.05. The molecule has 0 amide bonds. The van der Waals surface area contributed by atoms with Gasteiger partial charge in [-0.2, -0.15) is 0 Å². The summed E-state index contributed by atoms with van der Waals surface area (Å²) in [5.41, 5.74) is 0.917. The third-order valence-corrected chi connectivity index (χ3v) is 5.46. The van der Waals surface area contributed by atoms with Gasteiger partial charge in [-0.1, -0.05) is 6.07 Å². The van der Waals surface area contributed by atoms with E-state index in [2.05, 4.69) is 0 Å². The lowest BCUT2D eigenvalue weighted by Crippen LogP contribution is -2.14. The molecule has 1 aliphatic heterocycles. The van der Waals surface area contributed by atoms with E-state index in [0.717, 1.165) is 11.8 Å². The molecular weight excluding hydrogens is 307 g/mol. The number of ether oxygens (including phenoxy) is 2. The summed E-state index contributed by atoms with van der Waals surface area (Å²) in [6.07, 6.45) is 1.33. The van der Waals surface area contributed by atoms with Gasteiger partial charge < -0.3 is 23.3 Å². The molecule has 1 aliphatic rings. The average Bonchev–Trinajstić information content (AvgIpc) is 2.94. The van der Waals surface area contributed by atoms with Gasteiger partial charge in [-0.15, -0.1) is 0 Å². The second-order valence-corrected chi connectivity index (χ2v) is 7.02. The second-order valence-electron chi connectivity index (χ2n) is 4.92. The highest BCUT2D eigenvalue weighted by Crippen LogP contribution is 2.49. The van der Waals surface area contributed by atoms with Crippen molar-refractivity contribution in [3.05, 3.63) is 23.8 Å². The van der Waals surface area contributed by atoms with Gasteiger partial charge in [0.2, 0.25) is 6.79 Å². The monoisotopic (exact) mass is 328 g/mol. The van der Waals surface area contributed by atoms with Gasteiger partial charge in [0.1, 0.15) is 6.29 Å². The number of hydrogen-bond donors (Lipinski definition) is 0. The molecular formula is C15H21O6P. The largest absolute Gasteiger partial charge is 0.454 e. The molecule has 122 valence electrons. The lowest BCUT2D eigenvalue weighted by atomic mass is 10.0. The van der Waals surface area contributed by atoms with E-state index in [4.69, 9.17) is 18.5 Å². The van der Waals surface area contributed by atoms with Crippen LogP contribution in [0.2, 0.25) is 0 Å². The first-order chi connectivity index (χ1) is 10.6. The van der Waals surface area contributed by atoms with Gasteiger partial charge in [0.05, 0.1) is 19.4 Å². The molecule has 2 rings (SSSR count). The number of rotatable bonds is 9. The lowest BCUT2D eigenvalue weighted by molar-refractivity contribution is -0.110. The van der Waals surface area contributed by atoms with Gasteiger partial charge in [0.15, 0.2) is 11.5 Å². The molecule has 0 spiro atoms. The van der Waals surface area contributed by atoms with E-state index < -0.39 is 13.5 Å². The minimum Gasteiger partial charge on any atom is -0.454 e. The number of fused-ring (bicyclic) bond motifs is 1. The van der Waals surface area contributed by atoms with E-state index in [1.54, 1.807) is 13.8 Å². The van der Waals surface area contributed by atoms with Gasteiger partial charge in [-0.3, -0.25) is 4.57 Å². The van der Waals surface area contributed by atoms with Crippen LogP contribution in [-0.2, 0) is 24.8 Å². The van der Waals surface area contributed by atoms with Crippen LogP contribution in [0, 0.1) is 5.92 Å². The number of aldehydes is 1. The normalized spacial score (nSPS) is 14.8. The smallest absolute Gasteiger partial charge is 0.331 e. The summed E-state index contributed by atoms with van der Waals surface area (Å²) in [7, 11) is -3.23. The lowest BCUT2D eigenvalue weighted by Gasteiger charge is -2.20. The Morgan fingerprint density at radius 2 is 1.91 bits per heavy atom. The average molecular weight is 328 g/mol. The first-order valence-corrected chi connectivity index (χ1v) is 9.05. The van der Waals surface area contributed by atoms with Crippen LogP contribution >= 0.6 is 7.60 Å². The van der Waals surface area contributed by atoms with E-state index in [1.165, 1.54) is 0 Å². The van der Waals surface area contributed by atoms with Gasteiger partial charge in [-0.25, -0.2) is 0 Å². The van der Waals surface area contributed by atoms with Crippen LogP contribution < -0.4 is 9.47 Å². The topological polar surface area (TPSA) is 71.1 Å². The Morgan fingerprint density at radius 1 is 1.23 bits per heavy atom. The fourth-order valence-electron chi connectivity index (χ4n) is 2.35. The third-order valence-electron chi connectivity index (χ3n) is 3.24. The summed E-state index contributed by atoms with van der Waals surface area (Å²) in [5, 5.41) is 0. The second kappa shape index (κ2) is 7.77. The van der Waals surface area contributed by atoms with Gasteiger partial charge in [0.25, 0.3) is 0 Å². The van der Waals surface area contributed by atoms with Crippen molar-refractivity contribution in [2.75, 3.05) is 26.2 Å². The van der Waals surface area contributed by atoms with E-state index in [9.17, 15) is 9.36 Å². The van der Waals surface area contributed by atoms with E-state index in [0.29, 0.717) is 17.9 Å². The van der Waals surface area contributed by atoms with Crippen molar-refractivity contribution in [3.8, 4) is 11.5 Å². The third kappa shape index (κ3) is 4.32. The first kappa shape index (κ1) is 17.0. The highest BCUT2D eigenvalue weighted by atomic mass is 31.2. The zero-order valence-corrected chi connectivity index (χ0v) is 13.7. The molecule has 0 bridgehead atoms. The summed E-state index contributed by atoms with van der Waals surface area (Å²) in [4.78, 5) is 11.3. The van der Waals surface area contributed by atoms with Crippen molar-refractivity contribution in [3.63, 3.8) is 0 Å². The van der Waals surface area contributed by atoms with Crippen molar-refractivity contribution in [2.24, 2.45) is 5.92 Å². The quantitative estimate of drug-likeness (QED) is 0.512. The molecule has 0 aromatic heterocycles. The summed E-state index contributed by atoms with van der Waals surface area (Å²) in [5.74, 6) is 0.921. The zero-order chi connectivity index (χ0) is 16.0. The molecule has 22 heavy (non-hydrogen) atoms. The maximum Gasteiger partial charge on any atom is 0.331 e. The van der Waals surface area contributed by atoms with E-state index in [1.807, 2.05) is 18.2 Å². The molecule has 0 saturated carbocycles. The van der Waals surface area contributed by atoms with Crippen molar-refractivity contribution < 1.29 is 27.9 Å². The molecule has 1 aromatic rings. The molecule has 1 atom stereocenters. The van der Waals surface area contributed by atoms with E-state index >= 15 is 0 Å². The van der Waals surface area contributed by atoms with E-state index in [-0.39, 0.29) is 26.2 Å². The van der Waals surface area contributed by atoms with Gasteiger partial charge in [-0.05, 0) is 38.0 Å². The first-order valence-electron chi connectivity index (χ1n) is 7.32. The number of carbonyl (C=O) groups excluding carboxylic acids is 1. The summed E-state index contributed by atoms with van der Waals surface area (Å²) >= 11 is 0. The minimum absolute atomic E-state index is 0.0760. The highest BCUT2D eigenvalue weighted by molar-refractivity contribution is 7.53. The van der Waals surface area contributed by atoms with Crippen LogP contribution in [0.5, 0.6) is 11.5 Å². The summed E-state index contributed by atoms with van der Waals surface area (Å²) in [6, 6.07) is 5.52. The Labute approximate surface area is 130 Å².